The predicted octanol–water partition coefficient (Wildman–Crippen LogP) is 3.00. The normalized spacial score (nSPS) is 12.3. The molecule has 0 radical (unpaired) electrons. The van der Waals surface area contributed by atoms with Gasteiger partial charge in [0.1, 0.15) is 6.04 Å². The summed E-state index contributed by atoms with van der Waals surface area (Å²) in [6, 6.07) is 10.0. The fourth-order valence-corrected chi connectivity index (χ4v) is 3.87. The van der Waals surface area contributed by atoms with E-state index in [1.807, 2.05) is 6.92 Å². The number of rotatable bonds is 6. The lowest BCUT2D eigenvalue weighted by Crippen LogP contribution is -2.45. The maximum atomic E-state index is 12.7. The topological polar surface area (TPSA) is 110 Å². The molecular formula is C18H21N3O5S. The second-order valence-corrected chi connectivity index (χ2v) is 8.13. The molecule has 9 heteroatoms. The summed E-state index contributed by atoms with van der Waals surface area (Å²) in [7, 11) is -3.73. The highest BCUT2D eigenvalue weighted by molar-refractivity contribution is 7.92. The van der Waals surface area contributed by atoms with Gasteiger partial charge in [0.25, 0.3) is 5.69 Å². The van der Waals surface area contributed by atoms with E-state index < -0.39 is 26.9 Å². The Bertz CT molecular complexity index is 971. The third-order valence-corrected chi connectivity index (χ3v) is 5.38. The fraction of sp³-hybridized carbons (Fsp3) is 0.278. The van der Waals surface area contributed by atoms with E-state index in [2.05, 4.69) is 5.32 Å². The number of nitro benzene ring substituents is 1. The van der Waals surface area contributed by atoms with Crippen LogP contribution in [0.1, 0.15) is 18.1 Å². The molecule has 0 unspecified atom stereocenters. The van der Waals surface area contributed by atoms with E-state index in [9.17, 15) is 23.3 Å². The first kappa shape index (κ1) is 20.4. The third-order valence-electron chi connectivity index (χ3n) is 4.14. The Morgan fingerprint density at radius 2 is 1.74 bits per heavy atom. The zero-order valence-corrected chi connectivity index (χ0v) is 16.3. The number of carbonyl (C=O) groups excluding carboxylic acids is 1. The van der Waals surface area contributed by atoms with E-state index in [0.29, 0.717) is 11.3 Å². The molecular weight excluding hydrogens is 370 g/mol. The number of carbonyl (C=O) groups is 1. The van der Waals surface area contributed by atoms with E-state index in [-0.39, 0.29) is 11.4 Å². The molecule has 8 nitrogen and oxygen atoms in total. The Balaban J connectivity index is 2.35. The van der Waals surface area contributed by atoms with Gasteiger partial charge < -0.3 is 5.32 Å². The van der Waals surface area contributed by atoms with Gasteiger partial charge in [0.2, 0.25) is 15.9 Å². The Kier molecular flexibility index (Phi) is 5.85. The highest BCUT2D eigenvalue weighted by Gasteiger charge is 2.29. The predicted molar refractivity (Wildman–Crippen MR) is 104 cm³/mol. The number of aryl methyl sites for hydroxylation is 1. The molecule has 0 fully saturated rings. The number of sulfonamides is 1. The number of hydrogen-bond acceptors (Lipinski definition) is 5. The molecule has 2 aromatic rings. The SMILES string of the molecule is Cc1ccc(N([C@H](C)C(=O)Nc2cccc([N+](=O)[O-])c2C)S(C)(=O)=O)cc1. The van der Waals surface area contributed by atoms with Gasteiger partial charge in [0, 0.05) is 6.07 Å². The van der Waals surface area contributed by atoms with Gasteiger partial charge >= 0.3 is 0 Å². The van der Waals surface area contributed by atoms with Crippen LogP contribution in [0.4, 0.5) is 17.1 Å². The molecule has 0 heterocycles. The molecule has 0 saturated carbocycles. The van der Waals surface area contributed by atoms with Crippen LogP contribution in [0.3, 0.4) is 0 Å². The summed E-state index contributed by atoms with van der Waals surface area (Å²) in [6.07, 6.45) is 1.02. The third kappa shape index (κ3) is 4.62. The van der Waals surface area contributed by atoms with E-state index >= 15 is 0 Å². The largest absolute Gasteiger partial charge is 0.324 e. The average Bonchev–Trinajstić information content (AvgIpc) is 2.57. The lowest BCUT2D eigenvalue weighted by atomic mass is 10.1. The summed E-state index contributed by atoms with van der Waals surface area (Å²) in [4.78, 5) is 23.2. The molecule has 0 aliphatic heterocycles. The smallest absolute Gasteiger partial charge is 0.274 e. The number of nitro groups is 1. The van der Waals surface area contributed by atoms with Crippen molar-refractivity contribution >= 4 is 33.0 Å². The van der Waals surface area contributed by atoms with Gasteiger partial charge in [0.15, 0.2) is 0 Å². The molecule has 0 aromatic heterocycles. The standard InChI is InChI=1S/C18H21N3O5S/c1-12-8-10-15(11-9-12)20(27(4,25)26)14(3)18(22)19-16-6-5-7-17(13(16)2)21(23)24/h5-11,14H,1-4H3,(H,19,22)/t14-/m1/s1. The van der Waals surface area contributed by atoms with Gasteiger partial charge in [-0.2, -0.15) is 0 Å². The van der Waals surface area contributed by atoms with Gasteiger partial charge in [-0.3, -0.25) is 19.2 Å². The summed E-state index contributed by atoms with van der Waals surface area (Å²) in [5.74, 6) is -0.593. The van der Waals surface area contributed by atoms with Crippen LogP contribution >= 0.6 is 0 Å². The van der Waals surface area contributed by atoms with Gasteiger partial charge in [-0.15, -0.1) is 0 Å². The van der Waals surface area contributed by atoms with Crippen LogP contribution in [-0.2, 0) is 14.8 Å². The number of benzene rings is 2. The van der Waals surface area contributed by atoms with Gasteiger partial charge in [0.05, 0.1) is 28.1 Å². The van der Waals surface area contributed by atoms with Crippen molar-refractivity contribution in [2.24, 2.45) is 0 Å². The van der Waals surface area contributed by atoms with Gasteiger partial charge in [-0.25, -0.2) is 8.42 Å². The first-order valence-electron chi connectivity index (χ1n) is 8.13. The Morgan fingerprint density at radius 3 is 2.26 bits per heavy atom. The molecule has 144 valence electrons. The minimum absolute atomic E-state index is 0.126. The van der Waals surface area contributed by atoms with E-state index in [1.54, 1.807) is 24.3 Å². The zero-order chi connectivity index (χ0) is 20.4. The summed E-state index contributed by atoms with van der Waals surface area (Å²) in [6.45, 7) is 4.85. The molecule has 0 aliphatic rings. The van der Waals surface area contributed by atoms with Crippen molar-refractivity contribution in [1.82, 2.24) is 0 Å². The molecule has 0 spiro atoms. The maximum Gasteiger partial charge on any atom is 0.274 e. The molecule has 1 amide bonds. The zero-order valence-electron chi connectivity index (χ0n) is 15.5. The van der Waals surface area contributed by atoms with Crippen LogP contribution in [0.5, 0.6) is 0 Å². The van der Waals surface area contributed by atoms with Crippen molar-refractivity contribution in [1.29, 1.82) is 0 Å². The Morgan fingerprint density at radius 1 is 1.15 bits per heavy atom. The molecule has 2 rings (SSSR count). The number of nitrogens with one attached hydrogen (secondary N) is 1. The Hall–Kier alpha value is -2.94. The minimum atomic E-state index is -3.73. The quantitative estimate of drug-likeness (QED) is 0.601. The highest BCUT2D eigenvalue weighted by Crippen LogP contribution is 2.26. The average molecular weight is 391 g/mol. The summed E-state index contributed by atoms with van der Waals surface area (Å²) in [5.41, 5.74) is 1.75. The van der Waals surface area contributed by atoms with E-state index in [4.69, 9.17) is 0 Å². The van der Waals surface area contributed by atoms with Crippen molar-refractivity contribution in [2.45, 2.75) is 26.8 Å². The van der Waals surface area contributed by atoms with Crippen LogP contribution < -0.4 is 9.62 Å². The van der Waals surface area contributed by atoms with Crippen LogP contribution in [0.15, 0.2) is 42.5 Å². The maximum absolute atomic E-state index is 12.7. The second-order valence-electron chi connectivity index (χ2n) is 6.27. The van der Waals surface area contributed by atoms with Crippen molar-refractivity contribution in [3.05, 3.63) is 63.7 Å². The molecule has 1 N–H and O–H groups in total. The molecule has 0 aliphatic carbocycles. The number of nitrogens with zero attached hydrogens (tertiary/aromatic N) is 2. The summed E-state index contributed by atoms with van der Waals surface area (Å²) < 4.78 is 25.6. The molecule has 2 aromatic carbocycles. The lowest BCUT2D eigenvalue weighted by Gasteiger charge is -2.28. The minimum Gasteiger partial charge on any atom is -0.324 e. The van der Waals surface area contributed by atoms with E-state index in [0.717, 1.165) is 16.1 Å². The van der Waals surface area contributed by atoms with Crippen LogP contribution in [0, 0.1) is 24.0 Å². The van der Waals surface area contributed by atoms with Crippen LogP contribution in [-0.4, -0.2) is 31.5 Å². The molecule has 1 atom stereocenters. The fourth-order valence-electron chi connectivity index (χ4n) is 2.69. The van der Waals surface area contributed by atoms with Crippen molar-refractivity contribution < 1.29 is 18.1 Å². The van der Waals surface area contributed by atoms with Crippen molar-refractivity contribution in [2.75, 3.05) is 15.9 Å². The first-order chi connectivity index (χ1) is 12.5. The van der Waals surface area contributed by atoms with Crippen LogP contribution in [0.25, 0.3) is 0 Å². The lowest BCUT2D eigenvalue weighted by molar-refractivity contribution is -0.385. The summed E-state index contributed by atoms with van der Waals surface area (Å²) >= 11 is 0. The Labute approximate surface area is 158 Å². The number of amides is 1. The molecule has 0 bridgehead atoms. The second kappa shape index (κ2) is 7.75. The highest BCUT2D eigenvalue weighted by atomic mass is 32.2. The summed E-state index contributed by atoms with van der Waals surface area (Å²) in [5, 5.41) is 13.6. The number of anilines is 2. The monoisotopic (exact) mass is 391 g/mol. The molecule has 0 saturated heterocycles. The van der Waals surface area contributed by atoms with Gasteiger partial charge in [-0.1, -0.05) is 23.8 Å². The van der Waals surface area contributed by atoms with Crippen LogP contribution in [0.2, 0.25) is 0 Å². The van der Waals surface area contributed by atoms with Crippen molar-refractivity contribution in [3.63, 3.8) is 0 Å². The van der Waals surface area contributed by atoms with Crippen molar-refractivity contribution in [3.8, 4) is 0 Å². The number of hydrogen-bond donors (Lipinski definition) is 1. The first-order valence-corrected chi connectivity index (χ1v) is 9.98. The van der Waals surface area contributed by atoms with E-state index in [1.165, 1.54) is 32.0 Å². The van der Waals surface area contributed by atoms with Gasteiger partial charge in [-0.05, 0) is 39.0 Å². The molecule has 27 heavy (non-hydrogen) atoms.